The summed E-state index contributed by atoms with van der Waals surface area (Å²) in [6.07, 6.45) is 0. The Bertz CT molecular complexity index is 1030. The van der Waals surface area contributed by atoms with Gasteiger partial charge in [0.25, 0.3) is 5.91 Å². The molecule has 0 atom stereocenters. The SMILES string of the molecule is COc1ccc(CNC(=O)c2ccc(OCc3ccccc3)cc2OCCCl)cc1OC. The van der Waals surface area contributed by atoms with Crippen LogP contribution >= 0.6 is 11.6 Å². The second-order valence-corrected chi connectivity index (χ2v) is 7.22. The first-order valence-electron chi connectivity index (χ1n) is 10.1. The van der Waals surface area contributed by atoms with Crippen LogP contribution in [0.1, 0.15) is 21.5 Å². The van der Waals surface area contributed by atoms with Crippen LogP contribution < -0.4 is 24.3 Å². The van der Waals surface area contributed by atoms with Gasteiger partial charge in [-0.15, -0.1) is 11.6 Å². The van der Waals surface area contributed by atoms with Crippen molar-refractivity contribution in [3.8, 4) is 23.0 Å². The van der Waals surface area contributed by atoms with Crippen molar-refractivity contribution in [2.45, 2.75) is 13.2 Å². The number of amides is 1. The highest BCUT2D eigenvalue weighted by molar-refractivity contribution is 6.18. The maximum atomic E-state index is 12.8. The van der Waals surface area contributed by atoms with Crippen LogP contribution in [0, 0.1) is 0 Å². The van der Waals surface area contributed by atoms with Crippen molar-refractivity contribution < 1.29 is 23.7 Å². The average molecular weight is 456 g/mol. The molecular formula is C25H26ClNO5. The van der Waals surface area contributed by atoms with Crippen molar-refractivity contribution in [1.29, 1.82) is 0 Å². The van der Waals surface area contributed by atoms with Crippen LogP contribution in [0.4, 0.5) is 0 Å². The molecule has 0 fully saturated rings. The molecule has 7 heteroatoms. The molecule has 0 aliphatic heterocycles. The zero-order valence-electron chi connectivity index (χ0n) is 18.1. The van der Waals surface area contributed by atoms with Crippen LogP contribution in [0.2, 0.25) is 0 Å². The van der Waals surface area contributed by atoms with Gasteiger partial charge in [0.1, 0.15) is 24.7 Å². The van der Waals surface area contributed by atoms with Gasteiger partial charge in [-0.1, -0.05) is 36.4 Å². The molecule has 0 aromatic heterocycles. The van der Waals surface area contributed by atoms with Crippen LogP contribution in [0.5, 0.6) is 23.0 Å². The Kier molecular flexibility index (Phi) is 8.63. The normalized spacial score (nSPS) is 10.3. The first-order chi connectivity index (χ1) is 15.6. The molecule has 0 saturated heterocycles. The highest BCUT2D eigenvalue weighted by Gasteiger charge is 2.15. The van der Waals surface area contributed by atoms with Crippen molar-refractivity contribution in [2.75, 3.05) is 26.7 Å². The molecule has 0 unspecified atom stereocenters. The lowest BCUT2D eigenvalue weighted by atomic mass is 10.1. The molecule has 0 heterocycles. The number of halogens is 1. The average Bonchev–Trinajstić information content (AvgIpc) is 2.85. The molecule has 0 spiro atoms. The Morgan fingerprint density at radius 2 is 1.62 bits per heavy atom. The van der Waals surface area contributed by atoms with Crippen LogP contribution in [0.25, 0.3) is 0 Å². The van der Waals surface area contributed by atoms with Gasteiger partial charge in [0.15, 0.2) is 11.5 Å². The fourth-order valence-corrected chi connectivity index (χ4v) is 3.13. The predicted molar refractivity (Wildman–Crippen MR) is 124 cm³/mol. The molecule has 0 aliphatic rings. The molecular weight excluding hydrogens is 430 g/mol. The van der Waals surface area contributed by atoms with E-state index in [4.69, 9.17) is 30.5 Å². The number of hydrogen-bond acceptors (Lipinski definition) is 5. The lowest BCUT2D eigenvalue weighted by molar-refractivity contribution is 0.0947. The monoisotopic (exact) mass is 455 g/mol. The third-order valence-electron chi connectivity index (χ3n) is 4.68. The minimum Gasteiger partial charge on any atom is -0.493 e. The maximum Gasteiger partial charge on any atom is 0.255 e. The van der Waals surface area contributed by atoms with Gasteiger partial charge < -0.3 is 24.3 Å². The van der Waals surface area contributed by atoms with Crippen molar-refractivity contribution in [3.63, 3.8) is 0 Å². The van der Waals surface area contributed by atoms with Gasteiger partial charge >= 0.3 is 0 Å². The van der Waals surface area contributed by atoms with Gasteiger partial charge in [-0.05, 0) is 35.4 Å². The number of benzene rings is 3. The minimum atomic E-state index is -0.265. The van der Waals surface area contributed by atoms with E-state index in [1.54, 1.807) is 38.5 Å². The summed E-state index contributed by atoms with van der Waals surface area (Å²) in [6.45, 7) is 1.01. The fraction of sp³-hybridized carbons (Fsp3) is 0.240. The smallest absolute Gasteiger partial charge is 0.255 e. The number of carbonyl (C=O) groups is 1. The first kappa shape index (κ1) is 23.3. The van der Waals surface area contributed by atoms with Gasteiger partial charge in [0.05, 0.1) is 25.7 Å². The van der Waals surface area contributed by atoms with Crippen molar-refractivity contribution in [3.05, 3.63) is 83.4 Å². The van der Waals surface area contributed by atoms with Gasteiger partial charge in [-0.2, -0.15) is 0 Å². The number of ether oxygens (including phenoxy) is 4. The van der Waals surface area contributed by atoms with Crippen LogP contribution in [0.15, 0.2) is 66.7 Å². The summed E-state index contributed by atoms with van der Waals surface area (Å²) in [5.41, 5.74) is 2.33. The lowest BCUT2D eigenvalue weighted by Crippen LogP contribution is -2.23. The summed E-state index contributed by atoms with van der Waals surface area (Å²) in [6, 6.07) is 20.5. The Hall–Kier alpha value is -3.38. The quantitative estimate of drug-likeness (QED) is 0.419. The lowest BCUT2D eigenvalue weighted by Gasteiger charge is -2.14. The summed E-state index contributed by atoms with van der Waals surface area (Å²) in [4.78, 5) is 12.8. The van der Waals surface area contributed by atoms with Gasteiger partial charge in [-0.25, -0.2) is 0 Å². The van der Waals surface area contributed by atoms with E-state index in [0.29, 0.717) is 47.6 Å². The maximum absolute atomic E-state index is 12.8. The van der Waals surface area contributed by atoms with Crippen LogP contribution in [-0.4, -0.2) is 32.6 Å². The fourth-order valence-electron chi connectivity index (χ4n) is 3.06. The number of alkyl halides is 1. The Balaban J connectivity index is 1.70. The summed E-state index contributed by atoms with van der Waals surface area (Å²) in [5.74, 6) is 2.30. The highest BCUT2D eigenvalue weighted by Crippen LogP contribution is 2.28. The Morgan fingerprint density at radius 1 is 0.844 bits per heavy atom. The highest BCUT2D eigenvalue weighted by atomic mass is 35.5. The standard InChI is InChI=1S/C25H26ClNO5/c1-29-22-11-8-19(14-24(22)30-2)16-27-25(28)21-10-9-20(15-23(21)31-13-12-26)32-17-18-6-4-3-5-7-18/h3-11,14-15H,12-13,16-17H2,1-2H3,(H,27,28). The van der Waals surface area contributed by atoms with E-state index in [-0.39, 0.29) is 12.5 Å². The Morgan fingerprint density at radius 3 is 2.34 bits per heavy atom. The second kappa shape index (κ2) is 11.9. The zero-order chi connectivity index (χ0) is 22.8. The van der Waals surface area contributed by atoms with Crippen molar-refractivity contribution in [2.24, 2.45) is 0 Å². The number of methoxy groups -OCH3 is 2. The van der Waals surface area contributed by atoms with Crippen molar-refractivity contribution in [1.82, 2.24) is 5.32 Å². The summed E-state index contributed by atoms with van der Waals surface area (Å²) >= 11 is 5.78. The molecule has 0 bridgehead atoms. The van der Waals surface area contributed by atoms with Crippen molar-refractivity contribution >= 4 is 17.5 Å². The third-order valence-corrected chi connectivity index (χ3v) is 4.84. The Labute approximate surface area is 193 Å². The van der Waals surface area contributed by atoms with E-state index in [2.05, 4.69) is 5.32 Å². The number of rotatable bonds is 11. The summed E-state index contributed by atoms with van der Waals surface area (Å²) in [5, 5.41) is 2.91. The van der Waals surface area contributed by atoms with E-state index >= 15 is 0 Å². The van der Waals surface area contributed by atoms with E-state index in [1.165, 1.54) is 0 Å². The number of nitrogens with one attached hydrogen (secondary N) is 1. The summed E-state index contributed by atoms with van der Waals surface area (Å²) < 4.78 is 22.1. The molecule has 0 aliphatic carbocycles. The van der Waals surface area contributed by atoms with Gasteiger partial charge in [-0.3, -0.25) is 4.79 Å². The van der Waals surface area contributed by atoms with E-state index < -0.39 is 0 Å². The molecule has 3 aromatic rings. The zero-order valence-corrected chi connectivity index (χ0v) is 18.9. The first-order valence-corrected chi connectivity index (χ1v) is 10.7. The molecule has 6 nitrogen and oxygen atoms in total. The number of carbonyl (C=O) groups excluding carboxylic acids is 1. The molecule has 1 N–H and O–H groups in total. The van der Waals surface area contributed by atoms with E-state index in [9.17, 15) is 4.79 Å². The molecule has 168 valence electrons. The predicted octanol–water partition coefficient (Wildman–Crippen LogP) is 4.83. The van der Waals surface area contributed by atoms with E-state index in [0.717, 1.165) is 11.1 Å². The minimum absolute atomic E-state index is 0.265. The van der Waals surface area contributed by atoms with Crippen LogP contribution in [-0.2, 0) is 13.2 Å². The third kappa shape index (κ3) is 6.31. The molecule has 0 radical (unpaired) electrons. The van der Waals surface area contributed by atoms with Gasteiger partial charge in [0.2, 0.25) is 0 Å². The molecule has 3 aromatic carbocycles. The van der Waals surface area contributed by atoms with Gasteiger partial charge in [0, 0.05) is 12.6 Å². The molecule has 3 rings (SSSR count). The topological polar surface area (TPSA) is 66.0 Å². The second-order valence-electron chi connectivity index (χ2n) is 6.84. The van der Waals surface area contributed by atoms with E-state index in [1.807, 2.05) is 42.5 Å². The molecule has 0 saturated carbocycles. The number of hydrogen-bond donors (Lipinski definition) is 1. The molecule has 1 amide bonds. The largest absolute Gasteiger partial charge is 0.493 e. The molecule has 32 heavy (non-hydrogen) atoms. The summed E-state index contributed by atoms with van der Waals surface area (Å²) in [7, 11) is 3.15. The van der Waals surface area contributed by atoms with Crippen LogP contribution in [0.3, 0.4) is 0 Å².